The van der Waals surface area contributed by atoms with Gasteiger partial charge >= 0.3 is 0 Å². The van der Waals surface area contributed by atoms with Gasteiger partial charge < -0.3 is 15.2 Å². The van der Waals surface area contributed by atoms with Gasteiger partial charge in [0.05, 0.1) is 7.11 Å². The molecule has 1 rings (SSSR count). The fourth-order valence-electron chi connectivity index (χ4n) is 1.24. The molecule has 0 bridgehead atoms. The Labute approximate surface area is 95.2 Å². The molecule has 0 unspecified atom stereocenters. The molecule has 0 aliphatic carbocycles. The molecule has 0 saturated carbocycles. The number of carbonyl (C=O) groups is 1. The highest BCUT2D eigenvalue weighted by Crippen LogP contribution is 2.21. The van der Waals surface area contributed by atoms with Gasteiger partial charge in [-0.1, -0.05) is 0 Å². The number of amides is 1. The van der Waals surface area contributed by atoms with Crippen LogP contribution >= 0.6 is 0 Å². The summed E-state index contributed by atoms with van der Waals surface area (Å²) in [6, 6.07) is 5.30. The smallest absolute Gasteiger partial charge is 0.255 e. The monoisotopic (exact) mass is 223 g/mol. The summed E-state index contributed by atoms with van der Waals surface area (Å²) in [5.41, 5.74) is 0.190. The van der Waals surface area contributed by atoms with Crippen LogP contribution in [0.1, 0.15) is 19.4 Å². The summed E-state index contributed by atoms with van der Waals surface area (Å²) in [5.74, 6) is 0.332. The van der Waals surface area contributed by atoms with Gasteiger partial charge in [-0.05, 0) is 44.5 Å². The third-order valence-corrected chi connectivity index (χ3v) is 2.21. The normalized spacial score (nSPS) is 11.1. The number of anilines is 1. The number of ether oxygens (including phenoxy) is 1. The van der Waals surface area contributed by atoms with Crippen LogP contribution < -0.4 is 10.1 Å². The Hall–Kier alpha value is -1.55. The first-order valence-electron chi connectivity index (χ1n) is 5.03. The van der Waals surface area contributed by atoms with Gasteiger partial charge in [-0.15, -0.1) is 0 Å². The minimum absolute atomic E-state index is 0.433. The number of methoxy groups -OCH3 is 1. The summed E-state index contributed by atoms with van der Waals surface area (Å²) in [6.45, 7) is 4.77. The van der Waals surface area contributed by atoms with Gasteiger partial charge in [0.15, 0.2) is 0 Å². The average molecular weight is 223 g/mol. The molecular weight excluding hydrogens is 206 g/mol. The molecule has 1 aromatic carbocycles. The van der Waals surface area contributed by atoms with E-state index < -0.39 is 11.5 Å². The van der Waals surface area contributed by atoms with E-state index in [2.05, 4.69) is 5.32 Å². The molecule has 4 heteroatoms. The van der Waals surface area contributed by atoms with Crippen molar-refractivity contribution in [2.24, 2.45) is 0 Å². The highest BCUT2D eigenvalue weighted by atomic mass is 16.5. The van der Waals surface area contributed by atoms with Crippen molar-refractivity contribution in [1.29, 1.82) is 0 Å². The molecule has 16 heavy (non-hydrogen) atoms. The third-order valence-electron chi connectivity index (χ3n) is 2.21. The number of aliphatic hydroxyl groups is 1. The Morgan fingerprint density at radius 3 is 2.50 bits per heavy atom. The van der Waals surface area contributed by atoms with Crippen molar-refractivity contribution in [2.45, 2.75) is 26.4 Å². The Bertz CT molecular complexity index is 394. The van der Waals surface area contributed by atoms with Crippen LogP contribution in [0.4, 0.5) is 5.69 Å². The molecule has 0 aromatic heterocycles. The van der Waals surface area contributed by atoms with E-state index in [9.17, 15) is 9.90 Å². The number of aryl methyl sites for hydroxylation is 1. The van der Waals surface area contributed by atoms with Crippen LogP contribution in [0.5, 0.6) is 5.75 Å². The fourth-order valence-corrected chi connectivity index (χ4v) is 1.24. The molecule has 4 nitrogen and oxygen atoms in total. The molecule has 0 atom stereocenters. The summed E-state index contributed by atoms with van der Waals surface area (Å²) in [7, 11) is 1.59. The minimum Gasteiger partial charge on any atom is -0.496 e. The standard InChI is InChI=1S/C12H17NO3/c1-8-7-9(5-6-10(8)16-4)13-11(14)12(2,3)15/h5-7,15H,1-4H3,(H,13,14). The number of rotatable bonds is 3. The Morgan fingerprint density at radius 2 is 2.06 bits per heavy atom. The average Bonchev–Trinajstić information content (AvgIpc) is 2.16. The summed E-state index contributed by atoms with van der Waals surface area (Å²) < 4.78 is 5.11. The van der Waals surface area contributed by atoms with Crippen LogP contribution in [0.2, 0.25) is 0 Å². The van der Waals surface area contributed by atoms with E-state index in [-0.39, 0.29) is 0 Å². The second-order valence-electron chi connectivity index (χ2n) is 4.20. The van der Waals surface area contributed by atoms with Gasteiger partial charge in [0.25, 0.3) is 5.91 Å². The Morgan fingerprint density at radius 1 is 1.44 bits per heavy atom. The number of carbonyl (C=O) groups excluding carboxylic acids is 1. The van der Waals surface area contributed by atoms with Gasteiger partial charge in [-0.25, -0.2) is 0 Å². The summed E-state index contributed by atoms with van der Waals surface area (Å²) in [5, 5.41) is 12.1. The van der Waals surface area contributed by atoms with Gasteiger partial charge in [-0.2, -0.15) is 0 Å². The molecule has 0 aliphatic heterocycles. The molecule has 0 heterocycles. The van der Waals surface area contributed by atoms with E-state index in [1.165, 1.54) is 13.8 Å². The van der Waals surface area contributed by atoms with E-state index in [1.54, 1.807) is 25.3 Å². The summed E-state index contributed by atoms with van der Waals surface area (Å²) in [6.07, 6.45) is 0. The quantitative estimate of drug-likeness (QED) is 0.820. The van der Waals surface area contributed by atoms with Gasteiger partial charge in [0.1, 0.15) is 11.4 Å². The zero-order valence-corrected chi connectivity index (χ0v) is 10.00. The van der Waals surface area contributed by atoms with E-state index in [0.29, 0.717) is 5.69 Å². The summed E-state index contributed by atoms with van der Waals surface area (Å²) in [4.78, 5) is 11.5. The van der Waals surface area contributed by atoms with Crippen LogP contribution in [0.25, 0.3) is 0 Å². The molecule has 0 radical (unpaired) electrons. The molecule has 2 N–H and O–H groups in total. The van der Waals surface area contributed by atoms with Gasteiger partial charge in [0, 0.05) is 5.69 Å². The molecule has 1 aromatic rings. The first-order valence-corrected chi connectivity index (χ1v) is 5.03. The van der Waals surface area contributed by atoms with Crippen LogP contribution in [0.15, 0.2) is 18.2 Å². The van der Waals surface area contributed by atoms with Crippen LogP contribution in [-0.4, -0.2) is 23.7 Å². The maximum Gasteiger partial charge on any atom is 0.255 e. The zero-order chi connectivity index (χ0) is 12.3. The van der Waals surface area contributed by atoms with Gasteiger partial charge in [-0.3, -0.25) is 4.79 Å². The van der Waals surface area contributed by atoms with Crippen molar-refractivity contribution in [2.75, 3.05) is 12.4 Å². The SMILES string of the molecule is COc1ccc(NC(=O)C(C)(C)O)cc1C. The predicted octanol–water partition coefficient (Wildman–Crippen LogP) is 1.71. The molecular formula is C12H17NO3. The Balaban J connectivity index is 2.84. The lowest BCUT2D eigenvalue weighted by atomic mass is 10.1. The fraction of sp³-hybridized carbons (Fsp3) is 0.417. The van der Waals surface area contributed by atoms with Crippen molar-refractivity contribution in [3.8, 4) is 5.75 Å². The molecule has 88 valence electrons. The molecule has 0 saturated heterocycles. The Kier molecular flexibility index (Phi) is 3.55. The van der Waals surface area contributed by atoms with Crippen molar-refractivity contribution in [3.63, 3.8) is 0 Å². The number of hydrogen-bond donors (Lipinski definition) is 2. The third kappa shape index (κ3) is 2.97. The second-order valence-corrected chi connectivity index (χ2v) is 4.20. The molecule has 0 spiro atoms. The maximum atomic E-state index is 11.5. The lowest BCUT2D eigenvalue weighted by Crippen LogP contribution is -2.36. The van der Waals surface area contributed by atoms with E-state index in [4.69, 9.17) is 4.74 Å². The first-order chi connectivity index (χ1) is 7.34. The van der Waals surface area contributed by atoms with Crippen molar-refractivity contribution >= 4 is 11.6 Å². The van der Waals surface area contributed by atoms with Crippen LogP contribution in [0, 0.1) is 6.92 Å². The maximum absolute atomic E-state index is 11.5. The molecule has 0 fully saturated rings. The largest absolute Gasteiger partial charge is 0.496 e. The van der Waals surface area contributed by atoms with Crippen molar-refractivity contribution < 1.29 is 14.6 Å². The lowest BCUT2D eigenvalue weighted by Gasteiger charge is -2.17. The number of benzene rings is 1. The van der Waals surface area contributed by atoms with E-state index in [0.717, 1.165) is 11.3 Å². The topological polar surface area (TPSA) is 58.6 Å². The second kappa shape index (κ2) is 4.53. The number of nitrogens with one attached hydrogen (secondary N) is 1. The minimum atomic E-state index is -1.38. The van der Waals surface area contributed by atoms with Crippen molar-refractivity contribution in [3.05, 3.63) is 23.8 Å². The van der Waals surface area contributed by atoms with E-state index >= 15 is 0 Å². The molecule has 1 amide bonds. The highest BCUT2D eigenvalue weighted by molar-refractivity contribution is 5.96. The zero-order valence-electron chi connectivity index (χ0n) is 10.00. The summed E-state index contributed by atoms with van der Waals surface area (Å²) >= 11 is 0. The van der Waals surface area contributed by atoms with E-state index in [1.807, 2.05) is 6.92 Å². The van der Waals surface area contributed by atoms with Gasteiger partial charge in [0.2, 0.25) is 0 Å². The first kappa shape index (κ1) is 12.5. The molecule has 0 aliphatic rings. The highest BCUT2D eigenvalue weighted by Gasteiger charge is 2.23. The van der Waals surface area contributed by atoms with Crippen molar-refractivity contribution in [1.82, 2.24) is 0 Å². The van der Waals surface area contributed by atoms with Crippen LogP contribution in [0.3, 0.4) is 0 Å². The predicted molar refractivity (Wildman–Crippen MR) is 62.7 cm³/mol. The van der Waals surface area contributed by atoms with Crippen LogP contribution in [-0.2, 0) is 4.79 Å². The lowest BCUT2D eigenvalue weighted by molar-refractivity contribution is -0.130. The number of hydrogen-bond acceptors (Lipinski definition) is 3.